The second kappa shape index (κ2) is 4.50. The van der Waals surface area contributed by atoms with E-state index >= 15 is 0 Å². The molecule has 0 atom stereocenters. The Morgan fingerprint density at radius 1 is 1.47 bits per heavy atom. The molecular weight excluding hydrogens is 223 g/mol. The molecule has 2 N–H and O–H groups in total. The lowest BCUT2D eigenvalue weighted by molar-refractivity contribution is 0.415. The topological polar surface area (TPSA) is 66.0 Å². The predicted molar refractivity (Wildman–Crippen MR) is 60.8 cm³/mol. The zero-order valence-electron chi connectivity index (χ0n) is 9.64. The number of ether oxygens (including phenoxy) is 1. The van der Waals surface area contributed by atoms with Gasteiger partial charge in [0.05, 0.1) is 19.2 Å². The Morgan fingerprint density at radius 3 is 2.82 bits per heavy atom. The van der Waals surface area contributed by atoms with Gasteiger partial charge in [0.25, 0.3) is 0 Å². The fourth-order valence-electron chi connectivity index (χ4n) is 1.61. The van der Waals surface area contributed by atoms with Gasteiger partial charge in [-0.05, 0) is 18.2 Å². The van der Waals surface area contributed by atoms with Crippen molar-refractivity contribution < 1.29 is 9.13 Å². The molecule has 0 radical (unpaired) electrons. The summed E-state index contributed by atoms with van der Waals surface area (Å²) in [7, 11) is 3.25. The molecule has 0 spiro atoms. The van der Waals surface area contributed by atoms with Crippen molar-refractivity contribution in [3.8, 4) is 17.1 Å². The first-order chi connectivity index (χ1) is 8.15. The van der Waals surface area contributed by atoms with Crippen LogP contribution in [0.2, 0.25) is 0 Å². The number of hydrogen-bond acceptors (Lipinski definition) is 4. The highest BCUT2D eigenvalue weighted by atomic mass is 19.1. The molecule has 0 saturated carbocycles. The van der Waals surface area contributed by atoms with E-state index in [4.69, 9.17) is 10.5 Å². The van der Waals surface area contributed by atoms with E-state index in [1.54, 1.807) is 17.8 Å². The first-order valence-electron chi connectivity index (χ1n) is 5.09. The van der Waals surface area contributed by atoms with E-state index in [-0.39, 0.29) is 12.4 Å². The number of halogens is 1. The zero-order chi connectivity index (χ0) is 12.4. The van der Waals surface area contributed by atoms with Gasteiger partial charge in [-0.1, -0.05) is 0 Å². The summed E-state index contributed by atoms with van der Waals surface area (Å²) in [6.07, 6.45) is 0. The Balaban J connectivity index is 2.58. The molecule has 0 bridgehead atoms. The third kappa shape index (κ3) is 2.12. The molecule has 0 aliphatic heterocycles. The van der Waals surface area contributed by atoms with Crippen molar-refractivity contribution in [1.82, 2.24) is 14.8 Å². The molecule has 6 heteroatoms. The van der Waals surface area contributed by atoms with E-state index in [9.17, 15) is 4.39 Å². The molecule has 1 heterocycles. The number of hydrogen-bond donors (Lipinski definition) is 1. The molecule has 2 rings (SSSR count). The fourth-order valence-corrected chi connectivity index (χ4v) is 1.61. The average molecular weight is 236 g/mol. The van der Waals surface area contributed by atoms with Gasteiger partial charge >= 0.3 is 0 Å². The Labute approximate surface area is 98.0 Å². The zero-order valence-corrected chi connectivity index (χ0v) is 9.64. The summed E-state index contributed by atoms with van der Waals surface area (Å²) in [6.45, 7) is 0.242. The quantitative estimate of drug-likeness (QED) is 0.866. The fraction of sp³-hybridized carbons (Fsp3) is 0.273. The minimum Gasteiger partial charge on any atom is -0.496 e. The van der Waals surface area contributed by atoms with Crippen molar-refractivity contribution in [2.75, 3.05) is 7.11 Å². The van der Waals surface area contributed by atoms with Crippen LogP contribution in [-0.2, 0) is 13.6 Å². The number of aryl methyl sites for hydroxylation is 1. The lowest BCUT2D eigenvalue weighted by atomic mass is 10.2. The van der Waals surface area contributed by atoms with Gasteiger partial charge in [-0.15, -0.1) is 0 Å². The molecule has 5 nitrogen and oxygen atoms in total. The predicted octanol–water partition coefficient (Wildman–Crippen LogP) is 1.09. The summed E-state index contributed by atoms with van der Waals surface area (Å²) in [5.74, 6) is 1.24. The number of nitrogens with two attached hydrogens (primary N) is 1. The maximum atomic E-state index is 13.3. The van der Waals surface area contributed by atoms with E-state index in [0.29, 0.717) is 23.0 Å². The minimum absolute atomic E-state index is 0.242. The van der Waals surface area contributed by atoms with Crippen molar-refractivity contribution in [3.63, 3.8) is 0 Å². The highest BCUT2D eigenvalue weighted by Crippen LogP contribution is 2.28. The van der Waals surface area contributed by atoms with Gasteiger partial charge < -0.3 is 10.5 Å². The Hall–Kier alpha value is -1.95. The van der Waals surface area contributed by atoms with Crippen LogP contribution in [0.5, 0.6) is 5.75 Å². The molecule has 0 aliphatic carbocycles. The van der Waals surface area contributed by atoms with E-state index in [1.807, 2.05) is 0 Å². The summed E-state index contributed by atoms with van der Waals surface area (Å²) in [5, 5.41) is 4.11. The van der Waals surface area contributed by atoms with Crippen molar-refractivity contribution in [2.45, 2.75) is 6.54 Å². The van der Waals surface area contributed by atoms with Crippen molar-refractivity contribution in [2.24, 2.45) is 12.8 Å². The van der Waals surface area contributed by atoms with Crippen LogP contribution in [0.25, 0.3) is 11.4 Å². The maximum absolute atomic E-state index is 13.3. The van der Waals surface area contributed by atoms with E-state index in [2.05, 4.69) is 10.1 Å². The first kappa shape index (κ1) is 11.5. The minimum atomic E-state index is -0.349. The average Bonchev–Trinajstić information content (AvgIpc) is 2.70. The van der Waals surface area contributed by atoms with Gasteiger partial charge in [-0.25, -0.2) is 14.1 Å². The first-order valence-corrected chi connectivity index (χ1v) is 5.09. The summed E-state index contributed by atoms with van der Waals surface area (Å²) >= 11 is 0. The molecule has 0 unspecified atom stereocenters. The van der Waals surface area contributed by atoms with Gasteiger partial charge in [0.2, 0.25) is 0 Å². The lowest BCUT2D eigenvalue weighted by Gasteiger charge is -2.07. The molecule has 17 heavy (non-hydrogen) atoms. The smallest absolute Gasteiger partial charge is 0.164 e. The molecule has 0 amide bonds. The molecule has 2 aromatic rings. The van der Waals surface area contributed by atoms with Gasteiger partial charge in [0, 0.05) is 7.05 Å². The van der Waals surface area contributed by atoms with E-state index in [0.717, 1.165) is 0 Å². The van der Waals surface area contributed by atoms with Gasteiger partial charge in [0.15, 0.2) is 11.6 Å². The van der Waals surface area contributed by atoms with Crippen LogP contribution in [0.3, 0.4) is 0 Å². The molecule has 0 aliphatic rings. The summed E-state index contributed by atoms with van der Waals surface area (Å²) < 4.78 is 20.0. The monoisotopic (exact) mass is 236 g/mol. The molecule has 1 aromatic heterocycles. The maximum Gasteiger partial charge on any atom is 0.164 e. The number of nitrogens with zero attached hydrogens (tertiary/aromatic N) is 3. The highest BCUT2D eigenvalue weighted by Gasteiger charge is 2.14. The van der Waals surface area contributed by atoms with E-state index < -0.39 is 0 Å². The molecule has 0 saturated heterocycles. The van der Waals surface area contributed by atoms with Crippen molar-refractivity contribution in [1.29, 1.82) is 0 Å². The number of methoxy groups -OCH3 is 1. The Kier molecular flexibility index (Phi) is 3.06. The van der Waals surface area contributed by atoms with Crippen LogP contribution < -0.4 is 10.5 Å². The molecular formula is C11H13FN4O. The van der Waals surface area contributed by atoms with Crippen molar-refractivity contribution >= 4 is 0 Å². The third-order valence-corrected chi connectivity index (χ3v) is 2.39. The highest BCUT2D eigenvalue weighted by molar-refractivity contribution is 5.64. The van der Waals surface area contributed by atoms with Gasteiger partial charge in [0.1, 0.15) is 11.6 Å². The number of benzene rings is 1. The SMILES string of the molecule is COc1ccc(F)cc1-c1nc(CN)nn1C. The summed E-state index contributed by atoms with van der Waals surface area (Å²) in [5.41, 5.74) is 6.02. The lowest BCUT2D eigenvalue weighted by Crippen LogP contribution is -1.99. The molecule has 0 fully saturated rings. The van der Waals surface area contributed by atoms with Crippen molar-refractivity contribution in [3.05, 3.63) is 29.8 Å². The number of rotatable bonds is 3. The van der Waals surface area contributed by atoms with Crippen LogP contribution in [0, 0.1) is 5.82 Å². The van der Waals surface area contributed by atoms with Crippen LogP contribution >= 0.6 is 0 Å². The third-order valence-electron chi connectivity index (χ3n) is 2.39. The second-order valence-corrected chi connectivity index (χ2v) is 3.52. The van der Waals surface area contributed by atoms with Crippen LogP contribution in [-0.4, -0.2) is 21.9 Å². The summed E-state index contributed by atoms with van der Waals surface area (Å²) in [4.78, 5) is 4.23. The second-order valence-electron chi connectivity index (χ2n) is 3.52. The Bertz CT molecular complexity index is 538. The molecule has 90 valence electrons. The van der Waals surface area contributed by atoms with Crippen LogP contribution in [0.4, 0.5) is 4.39 Å². The van der Waals surface area contributed by atoms with Crippen LogP contribution in [0.15, 0.2) is 18.2 Å². The van der Waals surface area contributed by atoms with E-state index in [1.165, 1.54) is 19.2 Å². The summed E-state index contributed by atoms with van der Waals surface area (Å²) in [6, 6.07) is 4.26. The normalized spacial score (nSPS) is 10.6. The van der Waals surface area contributed by atoms with Gasteiger partial charge in [-0.2, -0.15) is 5.10 Å². The standard InChI is InChI=1S/C11H13FN4O/c1-16-11(14-10(6-13)15-16)8-5-7(12)3-4-9(8)17-2/h3-5H,6,13H2,1-2H3. The Morgan fingerprint density at radius 2 is 2.24 bits per heavy atom. The molecule has 1 aromatic carbocycles. The van der Waals surface area contributed by atoms with Crippen LogP contribution in [0.1, 0.15) is 5.82 Å². The largest absolute Gasteiger partial charge is 0.496 e. The van der Waals surface area contributed by atoms with Gasteiger partial charge in [-0.3, -0.25) is 0 Å². The number of aromatic nitrogens is 3.